The minimum absolute atomic E-state index is 0.335. The van der Waals surface area contributed by atoms with E-state index in [0.717, 1.165) is 19.6 Å². The number of aromatic nitrogens is 1. The zero-order valence-corrected chi connectivity index (χ0v) is 10.9. The molecule has 0 radical (unpaired) electrons. The average Bonchev–Trinajstić information content (AvgIpc) is 2.41. The first kappa shape index (κ1) is 12.1. The molecule has 2 aliphatic heterocycles. The number of ether oxygens (including phenoxy) is 1. The summed E-state index contributed by atoms with van der Waals surface area (Å²) in [5.41, 5.74) is 1.33. The molecule has 3 heterocycles. The van der Waals surface area contributed by atoms with Crippen molar-refractivity contribution in [1.82, 2.24) is 15.2 Å². The Kier molecular flexibility index (Phi) is 3.59. The fraction of sp³-hybridized carbons (Fsp3) is 0.643. The summed E-state index contributed by atoms with van der Waals surface area (Å²) in [5.74, 6) is 0. The van der Waals surface area contributed by atoms with Crippen molar-refractivity contribution in [3.05, 3.63) is 30.1 Å². The lowest BCUT2D eigenvalue weighted by Crippen LogP contribution is -2.60. The van der Waals surface area contributed by atoms with E-state index in [1.807, 2.05) is 19.5 Å². The van der Waals surface area contributed by atoms with E-state index in [0.29, 0.717) is 18.2 Å². The topological polar surface area (TPSA) is 37.4 Å². The third-order valence-corrected chi connectivity index (χ3v) is 4.23. The van der Waals surface area contributed by atoms with Crippen molar-refractivity contribution in [2.75, 3.05) is 26.7 Å². The van der Waals surface area contributed by atoms with E-state index < -0.39 is 0 Å². The Balaban J connectivity index is 1.75. The van der Waals surface area contributed by atoms with Gasteiger partial charge in [-0.25, -0.2) is 0 Å². The fourth-order valence-corrected chi connectivity index (χ4v) is 3.18. The molecule has 3 rings (SSSR count). The summed E-state index contributed by atoms with van der Waals surface area (Å²) in [6.07, 6.45) is 6.58. The van der Waals surface area contributed by atoms with Gasteiger partial charge in [0, 0.05) is 32.1 Å². The molecular formula is C14H21N3O. The molecule has 2 atom stereocenters. The predicted octanol–water partition coefficient (Wildman–Crippen LogP) is 1.21. The SMILES string of the molecule is COC1CN(C2CCNCC2)C1c1ccncc1. The maximum atomic E-state index is 5.60. The minimum atomic E-state index is 0.335. The quantitative estimate of drug-likeness (QED) is 0.871. The van der Waals surface area contributed by atoms with E-state index in [1.165, 1.54) is 18.4 Å². The van der Waals surface area contributed by atoms with Crippen LogP contribution >= 0.6 is 0 Å². The molecule has 1 N–H and O–H groups in total. The molecule has 0 bridgehead atoms. The Hall–Kier alpha value is -0.970. The van der Waals surface area contributed by atoms with Gasteiger partial charge in [0.1, 0.15) is 0 Å². The lowest BCUT2D eigenvalue weighted by Gasteiger charge is -2.52. The first-order valence-electron chi connectivity index (χ1n) is 6.79. The number of pyridine rings is 1. The maximum Gasteiger partial charge on any atom is 0.0895 e. The van der Waals surface area contributed by atoms with Gasteiger partial charge in [-0.2, -0.15) is 0 Å². The summed E-state index contributed by atoms with van der Waals surface area (Å²) in [6.45, 7) is 3.35. The van der Waals surface area contributed by atoms with E-state index in [1.54, 1.807) is 0 Å². The lowest BCUT2D eigenvalue weighted by molar-refractivity contribution is -0.112. The van der Waals surface area contributed by atoms with Gasteiger partial charge in [-0.3, -0.25) is 9.88 Å². The number of likely N-dealkylation sites (tertiary alicyclic amines) is 1. The highest BCUT2D eigenvalue weighted by Gasteiger charge is 2.43. The third kappa shape index (κ3) is 2.16. The monoisotopic (exact) mass is 247 g/mol. The van der Waals surface area contributed by atoms with E-state index in [9.17, 15) is 0 Å². The van der Waals surface area contributed by atoms with Crippen molar-refractivity contribution in [2.45, 2.75) is 31.0 Å². The second-order valence-corrected chi connectivity index (χ2v) is 5.18. The first-order chi connectivity index (χ1) is 8.90. The van der Waals surface area contributed by atoms with Gasteiger partial charge in [0.25, 0.3) is 0 Å². The Labute approximate surface area is 108 Å². The normalized spacial score (nSPS) is 30.1. The molecule has 4 nitrogen and oxygen atoms in total. The van der Waals surface area contributed by atoms with Gasteiger partial charge in [0.2, 0.25) is 0 Å². The molecule has 98 valence electrons. The Morgan fingerprint density at radius 2 is 2.00 bits per heavy atom. The van der Waals surface area contributed by atoms with Gasteiger partial charge in [-0.15, -0.1) is 0 Å². The molecule has 18 heavy (non-hydrogen) atoms. The summed E-state index contributed by atoms with van der Waals surface area (Å²) < 4.78 is 5.60. The zero-order valence-electron chi connectivity index (χ0n) is 10.9. The van der Waals surface area contributed by atoms with Crippen molar-refractivity contribution >= 4 is 0 Å². The van der Waals surface area contributed by atoms with Gasteiger partial charge < -0.3 is 10.1 Å². The molecule has 2 unspecified atom stereocenters. The average molecular weight is 247 g/mol. The summed E-state index contributed by atoms with van der Waals surface area (Å²) >= 11 is 0. The van der Waals surface area contributed by atoms with Crippen LogP contribution in [0.2, 0.25) is 0 Å². The van der Waals surface area contributed by atoms with Gasteiger partial charge in [-0.1, -0.05) is 0 Å². The molecule has 0 saturated carbocycles. The van der Waals surface area contributed by atoms with Crippen LogP contribution < -0.4 is 5.32 Å². The van der Waals surface area contributed by atoms with Crippen LogP contribution in [0.4, 0.5) is 0 Å². The smallest absolute Gasteiger partial charge is 0.0895 e. The molecule has 2 aliphatic rings. The number of nitrogens with zero attached hydrogens (tertiary/aromatic N) is 2. The molecule has 0 aromatic carbocycles. The molecule has 2 saturated heterocycles. The molecular weight excluding hydrogens is 226 g/mol. The van der Waals surface area contributed by atoms with Crippen molar-refractivity contribution in [3.63, 3.8) is 0 Å². The molecule has 4 heteroatoms. The predicted molar refractivity (Wildman–Crippen MR) is 70.4 cm³/mol. The van der Waals surface area contributed by atoms with E-state index in [4.69, 9.17) is 4.74 Å². The van der Waals surface area contributed by atoms with E-state index in [2.05, 4.69) is 27.3 Å². The molecule has 0 spiro atoms. The largest absolute Gasteiger partial charge is 0.378 e. The Morgan fingerprint density at radius 3 is 2.67 bits per heavy atom. The number of hydrogen-bond donors (Lipinski definition) is 1. The molecule has 0 amide bonds. The lowest BCUT2D eigenvalue weighted by atomic mass is 9.88. The number of hydrogen-bond acceptors (Lipinski definition) is 4. The van der Waals surface area contributed by atoms with Gasteiger partial charge in [-0.05, 0) is 43.6 Å². The zero-order chi connectivity index (χ0) is 12.4. The summed E-state index contributed by atoms with van der Waals surface area (Å²) in [6, 6.07) is 5.35. The second kappa shape index (κ2) is 5.34. The Morgan fingerprint density at radius 1 is 1.28 bits per heavy atom. The van der Waals surface area contributed by atoms with Crippen LogP contribution in [0.25, 0.3) is 0 Å². The second-order valence-electron chi connectivity index (χ2n) is 5.18. The standard InChI is InChI=1S/C14H21N3O/c1-18-13-10-17(12-4-8-16-9-5-12)14(13)11-2-6-15-7-3-11/h2-3,6-7,12-14,16H,4-5,8-10H2,1H3. The van der Waals surface area contributed by atoms with Crippen LogP contribution in [0.3, 0.4) is 0 Å². The molecule has 1 aromatic heterocycles. The van der Waals surface area contributed by atoms with Gasteiger partial charge >= 0.3 is 0 Å². The minimum Gasteiger partial charge on any atom is -0.378 e. The molecule has 2 fully saturated rings. The van der Waals surface area contributed by atoms with Crippen LogP contribution in [-0.4, -0.2) is 48.8 Å². The highest BCUT2D eigenvalue weighted by Crippen LogP contribution is 2.38. The number of piperidine rings is 1. The van der Waals surface area contributed by atoms with Crippen molar-refractivity contribution in [1.29, 1.82) is 0 Å². The van der Waals surface area contributed by atoms with Crippen molar-refractivity contribution in [2.24, 2.45) is 0 Å². The molecule has 1 aromatic rings. The number of methoxy groups -OCH3 is 1. The number of nitrogens with one attached hydrogen (secondary N) is 1. The summed E-state index contributed by atoms with van der Waals surface area (Å²) in [5, 5.41) is 3.43. The number of rotatable bonds is 3. The van der Waals surface area contributed by atoms with E-state index in [-0.39, 0.29) is 0 Å². The van der Waals surface area contributed by atoms with E-state index >= 15 is 0 Å². The van der Waals surface area contributed by atoms with Crippen LogP contribution in [-0.2, 0) is 4.74 Å². The highest BCUT2D eigenvalue weighted by molar-refractivity contribution is 5.21. The summed E-state index contributed by atoms with van der Waals surface area (Å²) in [7, 11) is 1.82. The van der Waals surface area contributed by atoms with Gasteiger partial charge in [0.15, 0.2) is 0 Å². The maximum absolute atomic E-state index is 5.60. The Bertz CT molecular complexity index is 378. The van der Waals surface area contributed by atoms with Crippen molar-refractivity contribution in [3.8, 4) is 0 Å². The van der Waals surface area contributed by atoms with Crippen molar-refractivity contribution < 1.29 is 4.74 Å². The summed E-state index contributed by atoms with van der Waals surface area (Å²) in [4.78, 5) is 6.71. The van der Waals surface area contributed by atoms with Crippen LogP contribution in [0, 0.1) is 0 Å². The van der Waals surface area contributed by atoms with Crippen LogP contribution in [0.15, 0.2) is 24.5 Å². The fourth-order valence-electron chi connectivity index (χ4n) is 3.18. The highest BCUT2D eigenvalue weighted by atomic mass is 16.5. The molecule has 0 aliphatic carbocycles. The third-order valence-electron chi connectivity index (χ3n) is 4.23. The first-order valence-corrected chi connectivity index (χ1v) is 6.79. The van der Waals surface area contributed by atoms with Crippen LogP contribution in [0.5, 0.6) is 0 Å². The van der Waals surface area contributed by atoms with Crippen LogP contribution in [0.1, 0.15) is 24.4 Å². The van der Waals surface area contributed by atoms with Gasteiger partial charge in [0.05, 0.1) is 12.1 Å².